The summed E-state index contributed by atoms with van der Waals surface area (Å²) in [4.78, 5) is 25.0. The van der Waals surface area contributed by atoms with E-state index in [2.05, 4.69) is 21.0 Å². The van der Waals surface area contributed by atoms with Gasteiger partial charge in [-0.15, -0.1) is 0 Å². The molecule has 0 fully saturated rings. The summed E-state index contributed by atoms with van der Waals surface area (Å²) in [7, 11) is 1.49. The van der Waals surface area contributed by atoms with Gasteiger partial charge in [0.05, 0.1) is 20.3 Å². The molecule has 0 bridgehead atoms. The lowest BCUT2D eigenvalue weighted by atomic mass is 10.2. The second kappa shape index (κ2) is 11.8. The highest BCUT2D eigenvalue weighted by Crippen LogP contribution is 2.28. The number of hydrogen-bond donors (Lipinski definition) is 3. The summed E-state index contributed by atoms with van der Waals surface area (Å²) in [6.45, 7) is 4.85. The van der Waals surface area contributed by atoms with Crippen LogP contribution in [0.3, 0.4) is 0 Å². The summed E-state index contributed by atoms with van der Waals surface area (Å²) in [6, 6.07) is 12.1. The van der Waals surface area contributed by atoms with Crippen molar-refractivity contribution in [2.75, 3.05) is 20.3 Å². The Morgan fingerprint density at radius 2 is 1.82 bits per heavy atom. The molecule has 34 heavy (non-hydrogen) atoms. The first-order chi connectivity index (χ1) is 16.5. The summed E-state index contributed by atoms with van der Waals surface area (Å²) >= 11 is 5.27. The molecule has 0 saturated heterocycles. The fourth-order valence-electron chi connectivity index (χ4n) is 3.07. The number of aromatic amines is 1. The maximum Gasteiger partial charge on any atom is 0.269 e. The van der Waals surface area contributed by atoms with E-state index >= 15 is 0 Å². The lowest BCUT2D eigenvalue weighted by Gasteiger charge is -2.12. The van der Waals surface area contributed by atoms with E-state index in [9.17, 15) is 9.59 Å². The third-order valence-electron chi connectivity index (χ3n) is 4.69. The Kier molecular flexibility index (Phi) is 8.63. The second-order valence-corrected chi connectivity index (χ2v) is 7.50. The van der Waals surface area contributed by atoms with E-state index in [1.165, 1.54) is 11.7 Å². The largest absolute Gasteiger partial charge is 0.494 e. The molecule has 2 aromatic carbocycles. The maximum atomic E-state index is 12.5. The Bertz CT molecular complexity index is 1190. The van der Waals surface area contributed by atoms with Gasteiger partial charge in [-0.05, 0) is 68.0 Å². The van der Waals surface area contributed by atoms with Crippen molar-refractivity contribution in [3.8, 4) is 28.6 Å². The first kappa shape index (κ1) is 24.8. The average molecular weight is 486 g/mol. The number of nitrogens with one attached hydrogen (secondary N) is 3. The van der Waals surface area contributed by atoms with Crippen LogP contribution in [0.25, 0.3) is 11.4 Å². The molecular weight excluding hydrogens is 458 g/mol. The third kappa shape index (κ3) is 6.13. The molecule has 0 unspecified atom stereocenters. The molecule has 0 aliphatic carbocycles. The number of methoxy groups -OCH3 is 1. The zero-order chi connectivity index (χ0) is 24.5. The average Bonchev–Trinajstić information content (AvgIpc) is 3.21. The number of carbonyl (C=O) groups excluding carboxylic acids is 2. The lowest BCUT2D eigenvalue weighted by Crippen LogP contribution is -2.43. The number of ether oxygens (including phenoxy) is 3. The molecule has 180 valence electrons. The van der Waals surface area contributed by atoms with Crippen LogP contribution in [-0.2, 0) is 11.3 Å². The van der Waals surface area contributed by atoms with Crippen LogP contribution < -0.4 is 25.1 Å². The van der Waals surface area contributed by atoms with Crippen molar-refractivity contribution in [2.45, 2.75) is 26.8 Å². The quantitative estimate of drug-likeness (QED) is 0.298. The highest BCUT2D eigenvalue weighted by atomic mass is 32.1. The van der Waals surface area contributed by atoms with Gasteiger partial charge in [0.2, 0.25) is 0 Å². The summed E-state index contributed by atoms with van der Waals surface area (Å²) in [5.41, 5.74) is 5.85. The molecule has 3 aromatic rings. The van der Waals surface area contributed by atoms with E-state index in [0.717, 1.165) is 17.7 Å². The number of carbonyl (C=O) groups is 2. The zero-order valence-corrected chi connectivity index (χ0v) is 20.0. The number of H-pyrrole nitrogens is 1. The van der Waals surface area contributed by atoms with E-state index < -0.39 is 11.8 Å². The van der Waals surface area contributed by atoms with Gasteiger partial charge in [0.1, 0.15) is 12.3 Å². The van der Waals surface area contributed by atoms with Crippen LogP contribution in [-0.4, -0.2) is 46.9 Å². The lowest BCUT2D eigenvalue weighted by molar-refractivity contribution is -0.122. The molecule has 2 amide bonds. The van der Waals surface area contributed by atoms with E-state index in [1.54, 1.807) is 18.2 Å². The molecular formula is C23H27N5O5S. The summed E-state index contributed by atoms with van der Waals surface area (Å²) < 4.78 is 18.1. The number of hydrazine groups is 1. The highest BCUT2D eigenvalue weighted by Gasteiger charge is 2.15. The number of aromatic nitrogens is 3. The van der Waals surface area contributed by atoms with E-state index in [0.29, 0.717) is 36.1 Å². The Labute approximate surface area is 202 Å². The van der Waals surface area contributed by atoms with Crippen molar-refractivity contribution >= 4 is 24.0 Å². The molecule has 3 rings (SSSR count). The SMILES string of the molecule is CCCOc1ccc(C(=O)NNC(=O)Cn2c(-c3ccc(OCC)cc3)n[nH]c2=S)cc1OC. The minimum atomic E-state index is -0.504. The minimum Gasteiger partial charge on any atom is -0.494 e. The molecule has 0 atom stereocenters. The van der Waals surface area contributed by atoms with E-state index in [4.69, 9.17) is 26.4 Å². The number of amides is 2. The number of rotatable bonds is 10. The van der Waals surface area contributed by atoms with Gasteiger partial charge in [-0.25, -0.2) is 0 Å². The van der Waals surface area contributed by atoms with Crippen LogP contribution in [0.4, 0.5) is 0 Å². The second-order valence-electron chi connectivity index (χ2n) is 7.11. The van der Waals surface area contributed by atoms with Gasteiger partial charge in [-0.1, -0.05) is 6.92 Å². The summed E-state index contributed by atoms with van der Waals surface area (Å²) in [5, 5.41) is 6.91. The molecule has 3 N–H and O–H groups in total. The van der Waals surface area contributed by atoms with Crippen LogP contribution in [0.15, 0.2) is 42.5 Å². The van der Waals surface area contributed by atoms with Crippen molar-refractivity contribution in [1.29, 1.82) is 0 Å². The topological polar surface area (TPSA) is 120 Å². The minimum absolute atomic E-state index is 0.148. The van der Waals surface area contributed by atoms with E-state index in [-0.39, 0.29) is 11.3 Å². The predicted molar refractivity (Wildman–Crippen MR) is 128 cm³/mol. The molecule has 0 aliphatic rings. The van der Waals surface area contributed by atoms with Gasteiger partial charge in [-0.3, -0.25) is 30.1 Å². The van der Waals surface area contributed by atoms with Crippen LogP contribution in [0.5, 0.6) is 17.2 Å². The van der Waals surface area contributed by atoms with Gasteiger partial charge in [-0.2, -0.15) is 5.10 Å². The molecule has 11 heteroatoms. The summed E-state index contributed by atoms with van der Waals surface area (Å²) in [5.74, 6) is 1.21. The molecule has 1 heterocycles. The van der Waals surface area contributed by atoms with Crippen molar-refractivity contribution < 1.29 is 23.8 Å². The van der Waals surface area contributed by atoms with Crippen LogP contribution in [0.2, 0.25) is 0 Å². The number of benzene rings is 2. The molecule has 0 spiro atoms. The first-order valence-corrected chi connectivity index (χ1v) is 11.2. The highest BCUT2D eigenvalue weighted by molar-refractivity contribution is 7.71. The van der Waals surface area contributed by atoms with Crippen molar-refractivity contribution in [3.05, 3.63) is 52.8 Å². The third-order valence-corrected chi connectivity index (χ3v) is 5.00. The molecule has 0 aliphatic heterocycles. The van der Waals surface area contributed by atoms with E-state index in [1.807, 2.05) is 38.1 Å². The van der Waals surface area contributed by atoms with Gasteiger partial charge < -0.3 is 14.2 Å². The molecule has 10 nitrogen and oxygen atoms in total. The van der Waals surface area contributed by atoms with Gasteiger partial charge in [0, 0.05) is 11.1 Å². The molecule has 0 radical (unpaired) electrons. The monoisotopic (exact) mass is 485 g/mol. The van der Waals surface area contributed by atoms with Gasteiger partial charge in [0.15, 0.2) is 22.1 Å². The van der Waals surface area contributed by atoms with Gasteiger partial charge in [0.25, 0.3) is 11.8 Å². The smallest absolute Gasteiger partial charge is 0.269 e. The Hall–Kier alpha value is -3.86. The predicted octanol–water partition coefficient (Wildman–Crippen LogP) is 3.26. The Balaban J connectivity index is 1.64. The Morgan fingerprint density at radius 1 is 1.06 bits per heavy atom. The van der Waals surface area contributed by atoms with Crippen molar-refractivity contribution in [3.63, 3.8) is 0 Å². The molecule has 1 aromatic heterocycles. The Morgan fingerprint density at radius 3 is 2.50 bits per heavy atom. The fourth-order valence-corrected chi connectivity index (χ4v) is 3.27. The fraction of sp³-hybridized carbons (Fsp3) is 0.304. The number of nitrogens with zero attached hydrogens (tertiary/aromatic N) is 2. The van der Waals surface area contributed by atoms with Crippen molar-refractivity contribution in [1.82, 2.24) is 25.6 Å². The standard InChI is InChI=1S/C23H27N5O5S/c1-4-12-33-18-11-8-16(13-19(18)31-3)22(30)26-24-20(29)14-28-21(25-27-23(28)34)15-6-9-17(10-7-15)32-5-2/h6-11,13H,4-5,12,14H2,1-3H3,(H,24,29)(H,26,30)(H,27,34). The molecule has 0 saturated carbocycles. The van der Waals surface area contributed by atoms with Crippen LogP contribution in [0, 0.1) is 4.77 Å². The van der Waals surface area contributed by atoms with Crippen LogP contribution in [0.1, 0.15) is 30.6 Å². The van der Waals surface area contributed by atoms with Crippen LogP contribution >= 0.6 is 12.2 Å². The number of hydrogen-bond acceptors (Lipinski definition) is 7. The van der Waals surface area contributed by atoms with Crippen molar-refractivity contribution in [2.24, 2.45) is 0 Å². The van der Waals surface area contributed by atoms with Gasteiger partial charge >= 0.3 is 0 Å². The summed E-state index contributed by atoms with van der Waals surface area (Å²) in [6.07, 6.45) is 0.846. The zero-order valence-electron chi connectivity index (χ0n) is 19.2. The maximum absolute atomic E-state index is 12.5. The first-order valence-electron chi connectivity index (χ1n) is 10.7. The normalized spacial score (nSPS) is 10.4.